The molecule has 0 aliphatic rings. The van der Waals surface area contributed by atoms with Gasteiger partial charge in [0.2, 0.25) is 5.43 Å². The SMILES string of the molecule is CNCCC=Cc1ccc2occ(C=O)c(=O)c2c1. The number of benzene rings is 1. The van der Waals surface area contributed by atoms with Gasteiger partial charge in [-0.3, -0.25) is 9.59 Å². The molecule has 0 amide bonds. The van der Waals surface area contributed by atoms with E-state index in [4.69, 9.17) is 4.42 Å². The van der Waals surface area contributed by atoms with Gasteiger partial charge >= 0.3 is 0 Å². The van der Waals surface area contributed by atoms with Crippen molar-refractivity contribution in [2.45, 2.75) is 6.42 Å². The Morgan fingerprint density at radius 3 is 2.95 bits per heavy atom. The summed E-state index contributed by atoms with van der Waals surface area (Å²) in [6.45, 7) is 0.904. The molecule has 0 unspecified atom stereocenters. The van der Waals surface area contributed by atoms with Gasteiger partial charge in [-0.05, 0) is 37.7 Å². The zero-order valence-corrected chi connectivity index (χ0v) is 10.7. The Morgan fingerprint density at radius 2 is 2.21 bits per heavy atom. The number of hydrogen-bond acceptors (Lipinski definition) is 4. The van der Waals surface area contributed by atoms with Gasteiger partial charge in [0.1, 0.15) is 11.8 Å². The standard InChI is InChI=1S/C15H15NO3/c1-16-7-3-2-4-11-5-6-14-13(8-11)15(18)12(9-17)10-19-14/h2,4-6,8-10,16H,3,7H2,1H3. The van der Waals surface area contributed by atoms with Gasteiger partial charge < -0.3 is 9.73 Å². The van der Waals surface area contributed by atoms with Crippen molar-refractivity contribution in [2.24, 2.45) is 0 Å². The van der Waals surface area contributed by atoms with Crippen LogP contribution in [-0.4, -0.2) is 19.9 Å². The lowest BCUT2D eigenvalue weighted by molar-refractivity contribution is 0.112. The third kappa shape index (κ3) is 2.98. The van der Waals surface area contributed by atoms with E-state index in [0.717, 1.165) is 18.5 Å². The van der Waals surface area contributed by atoms with E-state index >= 15 is 0 Å². The van der Waals surface area contributed by atoms with E-state index < -0.39 is 0 Å². The first-order valence-electron chi connectivity index (χ1n) is 6.08. The lowest BCUT2D eigenvalue weighted by Gasteiger charge is -1.99. The Labute approximate surface area is 110 Å². The molecule has 2 aromatic rings. The van der Waals surface area contributed by atoms with Crippen LogP contribution in [0.1, 0.15) is 22.3 Å². The summed E-state index contributed by atoms with van der Waals surface area (Å²) in [6, 6.07) is 5.36. The van der Waals surface area contributed by atoms with Crippen molar-refractivity contribution in [1.29, 1.82) is 0 Å². The second-order valence-corrected chi connectivity index (χ2v) is 4.19. The quantitative estimate of drug-likeness (QED) is 0.659. The summed E-state index contributed by atoms with van der Waals surface area (Å²) in [6.07, 6.45) is 6.60. The first-order chi connectivity index (χ1) is 9.26. The molecule has 19 heavy (non-hydrogen) atoms. The lowest BCUT2D eigenvalue weighted by atomic mass is 10.1. The van der Waals surface area contributed by atoms with Gasteiger partial charge in [0.25, 0.3) is 0 Å². The van der Waals surface area contributed by atoms with Crippen LogP contribution in [-0.2, 0) is 0 Å². The van der Waals surface area contributed by atoms with Gasteiger partial charge in [-0.1, -0.05) is 18.2 Å². The fourth-order valence-electron chi connectivity index (χ4n) is 1.80. The molecule has 98 valence electrons. The molecule has 0 spiro atoms. The molecule has 0 aliphatic carbocycles. The molecule has 4 nitrogen and oxygen atoms in total. The van der Waals surface area contributed by atoms with Crippen molar-refractivity contribution in [3.05, 3.63) is 51.9 Å². The Hall–Kier alpha value is -2.20. The van der Waals surface area contributed by atoms with Crippen LogP contribution < -0.4 is 10.7 Å². The summed E-state index contributed by atoms with van der Waals surface area (Å²) < 4.78 is 5.25. The molecule has 0 aliphatic heterocycles. The average molecular weight is 257 g/mol. The van der Waals surface area contributed by atoms with Crippen LogP contribution in [0.15, 0.2) is 39.7 Å². The number of fused-ring (bicyclic) bond motifs is 1. The molecule has 0 atom stereocenters. The largest absolute Gasteiger partial charge is 0.463 e. The maximum atomic E-state index is 12.0. The maximum absolute atomic E-state index is 12.0. The summed E-state index contributed by atoms with van der Waals surface area (Å²) in [7, 11) is 1.90. The predicted molar refractivity (Wildman–Crippen MR) is 75.4 cm³/mol. The summed E-state index contributed by atoms with van der Waals surface area (Å²) in [5.74, 6) is 0. The highest BCUT2D eigenvalue weighted by molar-refractivity contribution is 5.85. The highest BCUT2D eigenvalue weighted by Crippen LogP contribution is 2.14. The molecule has 4 heteroatoms. The lowest BCUT2D eigenvalue weighted by Crippen LogP contribution is -2.07. The van der Waals surface area contributed by atoms with Crippen LogP contribution in [0.2, 0.25) is 0 Å². The van der Waals surface area contributed by atoms with E-state index in [2.05, 4.69) is 5.32 Å². The fourth-order valence-corrected chi connectivity index (χ4v) is 1.80. The summed E-state index contributed by atoms with van der Waals surface area (Å²) in [5, 5.41) is 3.48. The monoisotopic (exact) mass is 257 g/mol. The van der Waals surface area contributed by atoms with Gasteiger partial charge in [0, 0.05) is 0 Å². The van der Waals surface area contributed by atoms with E-state index in [0.29, 0.717) is 17.3 Å². The van der Waals surface area contributed by atoms with E-state index in [1.807, 2.05) is 25.3 Å². The number of aldehydes is 1. The minimum Gasteiger partial charge on any atom is -0.463 e. The zero-order valence-electron chi connectivity index (χ0n) is 10.7. The van der Waals surface area contributed by atoms with Crippen LogP contribution in [0.5, 0.6) is 0 Å². The summed E-state index contributed by atoms with van der Waals surface area (Å²) in [4.78, 5) is 22.7. The number of carbonyl (C=O) groups excluding carboxylic acids is 1. The number of carbonyl (C=O) groups is 1. The maximum Gasteiger partial charge on any atom is 0.203 e. The molecular formula is C15H15NO3. The minimum atomic E-state index is -0.290. The van der Waals surface area contributed by atoms with Crippen molar-refractivity contribution < 1.29 is 9.21 Å². The van der Waals surface area contributed by atoms with Crippen molar-refractivity contribution in [3.63, 3.8) is 0 Å². The molecule has 0 fully saturated rings. The van der Waals surface area contributed by atoms with E-state index in [1.165, 1.54) is 6.26 Å². The van der Waals surface area contributed by atoms with Gasteiger partial charge in [-0.15, -0.1) is 0 Å². The van der Waals surface area contributed by atoms with Crippen LogP contribution in [0, 0.1) is 0 Å². The molecule has 0 saturated heterocycles. The molecule has 0 bridgehead atoms. The third-order valence-electron chi connectivity index (χ3n) is 2.82. The van der Waals surface area contributed by atoms with Gasteiger partial charge in [0.05, 0.1) is 10.9 Å². The summed E-state index contributed by atoms with van der Waals surface area (Å²) >= 11 is 0. The molecule has 1 N–H and O–H groups in total. The molecule has 1 aromatic heterocycles. The topological polar surface area (TPSA) is 59.3 Å². The molecule has 0 saturated carbocycles. The van der Waals surface area contributed by atoms with Gasteiger partial charge in [-0.2, -0.15) is 0 Å². The summed E-state index contributed by atoms with van der Waals surface area (Å²) in [5.41, 5.74) is 1.16. The molecular weight excluding hydrogens is 242 g/mol. The van der Waals surface area contributed by atoms with Crippen molar-refractivity contribution >= 4 is 23.3 Å². The first-order valence-corrected chi connectivity index (χ1v) is 6.08. The van der Waals surface area contributed by atoms with Crippen LogP contribution in [0.25, 0.3) is 17.0 Å². The van der Waals surface area contributed by atoms with E-state index in [-0.39, 0.29) is 11.0 Å². The Kier molecular flexibility index (Phi) is 4.26. The van der Waals surface area contributed by atoms with Crippen LogP contribution in [0.4, 0.5) is 0 Å². The minimum absolute atomic E-state index is 0.0452. The van der Waals surface area contributed by atoms with Crippen molar-refractivity contribution in [1.82, 2.24) is 5.32 Å². The molecule has 2 rings (SSSR count). The molecule has 0 radical (unpaired) electrons. The smallest absolute Gasteiger partial charge is 0.203 e. The van der Waals surface area contributed by atoms with Crippen molar-refractivity contribution in [3.8, 4) is 0 Å². The number of nitrogens with one attached hydrogen (secondary N) is 1. The second kappa shape index (κ2) is 6.11. The number of hydrogen-bond donors (Lipinski definition) is 1. The second-order valence-electron chi connectivity index (χ2n) is 4.19. The highest BCUT2D eigenvalue weighted by Gasteiger charge is 2.06. The van der Waals surface area contributed by atoms with Gasteiger partial charge in [0.15, 0.2) is 6.29 Å². The fraction of sp³-hybridized carbons (Fsp3) is 0.200. The van der Waals surface area contributed by atoms with Gasteiger partial charge in [-0.25, -0.2) is 0 Å². The predicted octanol–water partition coefficient (Wildman–Crippen LogP) is 2.23. The Morgan fingerprint density at radius 1 is 1.37 bits per heavy atom. The first kappa shape index (κ1) is 13.2. The molecule has 1 aromatic carbocycles. The average Bonchev–Trinajstić information content (AvgIpc) is 2.44. The van der Waals surface area contributed by atoms with E-state index in [1.54, 1.807) is 12.1 Å². The van der Waals surface area contributed by atoms with Crippen LogP contribution >= 0.6 is 0 Å². The normalized spacial score (nSPS) is 11.2. The highest BCUT2D eigenvalue weighted by atomic mass is 16.3. The van der Waals surface area contributed by atoms with Crippen LogP contribution in [0.3, 0.4) is 0 Å². The molecule has 1 heterocycles. The Balaban J connectivity index is 2.39. The Bertz CT molecular complexity index is 671. The number of rotatable bonds is 5. The third-order valence-corrected chi connectivity index (χ3v) is 2.82. The zero-order chi connectivity index (χ0) is 13.7. The van der Waals surface area contributed by atoms with Crippen molar-refractivity contribution in [2.75, 3.05) is 13.6 Å². The van der Waals surface area contributed by atoms with E-state index in [9.17, 15) is 9.59 Å².